The Hall–Kier alpha value is -1.92. The molecule has 0 aliphatic carbocycles. The number of benzene rings is 1. The Morgan fingerprint density at radius 3 is 2.48 bits per heavy atom. The molecule has 0 radical (unpaired) electrons. The highest BCUT2D eigenvalue weighted by Gasteiger charge is 2.17. The van der Waals surface area contributed by atoms with Gasteiger partial charge in [-0.15, -0.1) is 0 Å². The summed E-state index contributed by atoms with van der Waals surface area (Å²) in [5.41, 5.74) is 2.14. The molecule has 2 heterocycles. The standard InChI is InChI=1S/C21H31FN4O/c1-17(2)21-15-20(27-23-21)16-24(3)9-4-10-25-11-13-26(14-12-25)19-7-5-18(22)6-8-19/h5-8,15,17H,4,9-14,16H2,1-3H3. The van der Waals surface area contributed by atoms with Crippen molar-refractivity contribution in [3.05, 3.63) is 47.6 Å². The zero-order valence-corrected chi connectivity index (χ0v) is 16.7. The van der Waals surface area contributed by atoms with Crippen molar-refractivity contribution in [2.75, 3.05) is 51.2 Å². The van der Waals surface area contributed by atoms with Gasteiger partial charge in [-0.2, -0.15) is 0 Å². The smallest absolute Gasteiger partial charge is 0.150 e. The maximum absolute atomic E-state index is 13.1. The third-order valence-corrected chi connectivity index (χ3v) is 5.17. The van der Waals surface area contributed by atoms with E-state index in [9.17, 15) is 4.39 Å². The van der Waals surface area contributed by atoms with Gasteiger partial charge in [0, 0.05) is 37.9 Å². The second-order valence-electron chi connectivity index (χ2n) is 7.77. The molecule has 5 nitrogen and oxygen atoms in total. The minimum absolute atomic E-state index is 0.174. The minimum atomic E-state index is -0.174. The molecular formula is C21H31FN4O. The van der Waals surface area contributed by atoms with Crippen molar-refractivity contribution in [2.24, 2.45) is 0 Å². The van der Waals surface area contributed by atoms with E-state index in [2.05, 4.69) is 46.8 Å². The Kier molecular flexibility index (Phi) is 6.85. The average Bonchev–Trinajstić information content (AvgIpc) is 3.12. The lowest BCUT2D eigenvalue weighted by molar-refractivity contribution is 0.222. The summed E-state index contributed by atoms with van der Waals surface area (Å²) in [5.74, 6) is 1.17. The van der Waals surface area contributed by atoms with E-state index in [1.165, 1.54) is 12.1 Å². The first-order chi connectivity index (χ1) is 13.0. The third-order valence-electron chi connectivity index (χ3n) is 5.17. The van der Waals surface area contributed by atoms with Gasteiger partial charge in [-0.05, 0) is 56.7 Å². The lowest BCUT2D eigenvalue weighted by Crippen LogP contribution is -2.47. The topological polar surface area (TPSA) is 35.8 Å². The summed E-state index contributed by atoms with van der Waals surface area (Å²) >= 11 is 0. The maximum Gasteiger partial charge on any atom is 0.150 e. The predicted octanol–water partition coefficient (Wildman–Crippen LogP) is 3.58. The number of halogens is 1. The van der Waals surface area contributed by atoms with Crippen LogP contribution in [0.25, 0.3) is 0 Å². The first-order valence-electron chi connectivity index (χ1n) is 9.88. The summed E-state index contributed by atoms with van der Waals surface area (Å²) in [6, 6.07) is 8.88. The molecule has 1 aromatic carbocycles. The van der Waals surface area contributed by atoms with Crippen LogP contribution in [0, 0.1) is 5.82 Å². The second-order valence-corrected chi connectivity index (χ2v) is 7.77. The Morgan fingerprint density at radius 1 is 1.15 bits per heavy atom. The van der Waals surface area contributed by atoms with Crippen LogP contribution in [-0.4, -0.2) is 61.3 Å². The van der Waals surface area contributed by atoms with Crippen molar-refractivity contribution in [2.45, 2.75) is 32.7 Å². The highest BCUT2D eigenvalue weighted by atomic mass is 19.1. The van der Waals surface area contributed by atoms with Crippen LogP contribution < -0.4 is 4.90 Å². The maximum atomic E-state index is 13.1. The molecule has 1 aromatic heterocycles. The summed E-state index contributed by atoms with van der Waals surface area (Å²) in [4.78, 5) is 7.14. The highest BCUT2D eigenvalue weighted by Crippen LogP contribution is 2.17. The van der Waals surface area contributed by atoms with Gasteiger partial charge >= 0.3 is 0 Å². The molecule has 0 N–H and O–H groups in total. The highest BCUT2D eigenvalue weighted by molar-refractivity contribution is 5.46. The summed E-state index contributed by atoms with van der Waals surface area (Å²) in [5, 5.41) is 4.12. The van der Waals surface area contributed by atoms with Crippen LogP contribution in [-0.2, 0) is 6.54 Å². The summed E-state index contributed by atoms with van der Waals surface area (Å²) in [6.07, 6.45) is 1.14. The largest absolute Gasteiger partial charge is 0.369 e. The molecular weight excluding hydrogens is 343 g/mol. The molecule has 2 aromatic rings. The van der Waals surface area contributed by atoms with Crippen LogP contribution in [0.15, 0.2) is 34.9 Å². The third kappa shape index (κ3) is 5.78. The van der Waals surface area contributed by atoms with Gasteiger partial charge in [-0.25, -0.2) is 4.39 Å². The molecule has 0 unspecified atom stereocenters. The van der Waals surface area contributed by atoms with E-state index in [4.69, 9.17) is 4.52 Å². The predicted molar refractivity (Wildman–Crippen MR) is 107 cm³/mol. The Morgan fingerprint density at radius 2 is 1.85 bits per heavy atom. The minimum Gasteiger partial charge on any atom is -0.369 e. The molecule has 148 valence electrons. The van der Waals surface area contributed by atoms with E-state index >= 15 is 0 Å². The fourth-order valence-electron chi connectivity index (χ4n) is 3.47. The molecule has 27 heavy (non-hydrogen) atoms. The molecule has 1 aliphatic rings. The number of anilines is 1. The SMILES string of the molecule is CC(C)c1cc(CN(C)CCCN2CCN(c3ccc(F)cc3)CC2)on1. The van der Waals surface area contributed by atoms with E-state index in [1.54, 1.807) is 0 Å². The Labute approximate surface area is 161 Å². The summed E-state index contributed by atoms with van der Waals surface area (Å²) in [6.45, 7) is 11.3. The van der Waals surface area contributed by atoms with Gasteiger partial charge in [0.25, 0.3) is 0 Å². The number of aromatic nitrogens is 1. The molecule has 1 aliphatic heterocycles. The molecule has 6 heteroatoms. The van der Waals surface area contributed by atoms with Crippen LogP contribution in [0.2, 0.25) is 0 Å². The zero-order chi connectivity index (χ0) is 19.2. The van der Waals surface area contributed by atoms with E-state index in [0.717, 1.165) is 69.4 Å². The van der Waals surface area contributed by atoms with Crippen LogP contribution in [0.4, 0.5) is 10.1 Å². The molecule has 1 saturated heterocycles. The molecule has 3 rings (SSSR count). The molecule has 0 spiro atoms. The van der Waals surface area contributed by atoms with Gasteiger partial charge in [0.05, 0.1) is 12.2 Å². The Bertz CT molecular complexity index is 692. The fraction of sp³-hybridized carbons (Fsp3) is 0.571. The summed E-state index contributed by atoms with van der Waals surface area (Å²) in [7, 11) is 2.13. The number of nitrogens with zero attached hydrogens (tertiary/aromatic N) is 4. The van der Waals surface area contributed by atoms with Crippen molar-refractivity contribution in [3.63, 3.8) is 0 Å². The van der Waals surface area contributed by atoms with E-state index in [-0.39, 0.29) is 5.82 Å². The van der Waals surface area contributed by atoms with Gasteiger partial charge in [-0.1, -0.05) is 19.0 Å². The van der Waals surface area contributed by atoms with Crippen molar-refractivity contribution >= 4 is 5.69 Å². The zero-order valence-electron chi connectivity index (χ0n) is 16.7. The van der Waals surface area contributed by atoms with Gasteiger partial charge in [-0.3, -0.25) is 9.80 Å². The van der Waals surface area contributed by atoms with E-state index in [0.29, 0.717) is 5.92 Å². The first kappa shape index (κ1) is 19.8. The van der Waals surface area contributed by atoms with Crippen LogP contribution in [0.1, 0.15) is 37.6 Å². The van der Waals surface area contributed by atoms with Gasteiger partial charge in [0.1, 0.15) is 5.82 Å². The quantitative estimate of drug-likeness (QED) is 0.706. The average molecular weight is 375 g/mol. The second kappa shape index (κ2) is 9.33. The van der Waals surface area contributed by atoms with E-state index < -0.39 is 0 Å². The van der Waals surface area contributed by atoms with Gasteiger partial charge in [0.2, 0.25) is 0 Å². The monoisotopic (exact) mass is 374 g/mol. The lowest BCUT2D eigenvalue weighted by atomic mass is 10.1. The number of piperazine rings is 1. The van der Waals surface area contributed by atoms with Crippen LogP contribution in [0.5, 0.6) is 0 Å². The first-order valence-corrected chi connectivity index (χ1v) is 9.88. The van der Waals surface area contributed by atoms with Crippen molar-refractivity contribution in [1.29, 1.82) is 0 Å². The molecule has 0 atom stereocenters. The normalized spacial score (nSPS) is 15.9. The Balaban J connectivity index is 1.34. The van der Waals surface area contributed by atoms with Gasteiger partial charge < -0.3 is 9.42 Å². The lowest BCUT2D eigenvalue weighted by Gasteiger charge is -2.36. The number of hydrogen-bond acceptors (Lipinski definition) is 5. The van der Waals surface area contributed by atoms with Crippen LogP contribution in [0.3, 0.4) is 0 Å². The molecule has 0 amide bonds. The van der Waals surface area contributed by atoms with Crippen molar-refractivity contribution in [3.8, 4) is 0 Å². The molecule has 1 fully saturated rings. The molecule has 0 bridgehead atoms. The molecule has 0 saturated carbocycles. The summed E-state index contributed by atoms with van der Waals surface area (Å²) < 4.78 is 18.5. The van der Waals surface area contributed by atoms with Crippen molar-refractivity contribution < 1.29 is 8.91 Å². The van der Waals surface area contributed by atoms with Crippen molar-refractivity contribution in [1.82, 2.24) is 15.0 Å². The number of hydrogen-bond donors (Lipinski definition) is 0. The van der Waals surface area contributed by atoms with Crippen LogP contribution >= 0.6 is 0 Å². The fourth-order valence-corrected chi connectivity index (χ4v) is 3.47. The van der Waals surface area contributed by atoms with E-state index in [1.807, 2.05) is 12.1 Å². The van der Waals surface area contributed by atoms with Gasteiger partial charge in [0.15, 0.2) is 5.76 Å². The number of rotatable bonds is 8.